The number of nitrogens with zero attached hydrogens (tertiary/aromatic N) is 2. The van der Waals surface area contributed by atoms with Crippen molar-refractivity contribution in [1.29, 1.82) is 0 Å². The minimum atomic E-state index is -0.434. The summed E-state index contributed by atoms with van der Waals surface area (Å²) in [5.41, 5.74) is 3.44. The summed E-state index contributed by atoms with van der Waals surface area (Å²) >= 11 is 2.97. The summed E-state index contributed by atoms with van der Waals surface area (Å²) in [4.78, 5) is 33.4. The van der Waals surface area contributed by atoms with Crippen molar-refractivity contribution in [3.63, 3.8) is 0 Å². The van der Waals surface area contributed by atoms with Crippen LogP contribution in [-0.2, 0) is 9.53 Å². The molecule has 0 bridgehead atoms. The predicted molar refractivity (Wildman–Crippen MR) is 117 cm³/mol. The maximum atomic E-state index is 12.6. The zero-order chi connectivity index (χ0) is 20.4. The number of para-hydroxylation sites is 1. The molecule has 4 aromatic rings. The molecular weight excluding hydrogens is 406 g/mol. The minimum absolute atomic E-state index is 0.148. The Morgan fingerprint density at radius 3 is 2.72 bits per heavy atom. The molecule has 0 fully saturated rings. The number of esters is 1. The van der Waals surface area contributed by atoms with Crippen LogP contribution in [0.15, 0.2) is 52.9 Å². The highest BCUT2D eigenvalue weighted by atomic mass is 32.2. The topological polar surface area (TPSA) is 81.2 Å². The van der Waals surface area contributed by atoms with Gasteiger partial charge in [0, 0.05) is 11.1 Å². The number of carbonyl (C=O) groups is 2. The van der Waals surface area contributed by atoms with Crippen LogP contribution in [0.2, 0.25) is 0 Å². The molecule has 0 unspecified atom stereocenters. The molecule has 0 aliphatic carbocycles. The molecule has 29 heavy (non-hydrogen) atoms. The van der Waals surface area contributed by atoms with Gasteiger partial charge in [0.15, 0.2) is 4.34 Å². The maximum Gasteiger partial charge on any atom is 0.337 e. The van der Waals surface area contributed by atoms with Gasteiger partial charge in [-0.2, -0.15) is 0 Å². The molecule has 4 rings (SSSR count). The van der Waals surface area contributed by atoms with E-state index in [0.717, 1.165) is 20.3 Å². The fraction of sp³-hybridized carbons (Fsp3) is 0.143. The van der Waals surface area contributed by atoms with E-state index in [2.05, 4.69) is 15.3 Å². The van der Waals surface area contributed by atoms with Gasteiger partial charge < -0.3 is 10.1 Å². The van der Waals surface area contributed by atoms with E-state index in [1.165, 1.54) is 18.9 Å². The van der Waals surface area contributed by atoms with Gasteiger partial charge in [0.2, 0.25) is 5.91 Å². The number of fused-ring (bicyclic) bond motifs is 2. The van der Waals surface area contributed by atoms with E-state index in [0.29, 0.717) is 22.2 Å². The molecule has 2 aromatic carbocycles. The second-order valence-corrected chi connectivity index (χ2v) is 8.57. The lowest BCUT2D eigenvalue weighted by Gasteiger charge is -2.10. The number of methoxy groups -OCH3 is 1. The van der Waals surface area contributed by atoms with Gasteiger partial charge in [-0.15, -0.1) is 11.3 Å². The van der Waals surface area contributed by atoms with Gasteiger partial charge in [0.1, 0.15) is 0 Å². The van der Waals surface area contributed by atoms with E-state index in [-0.39, 0.29) is 11.7 Å². The number of benzene rings is 2. The van der Waals surface area contributed by atoms with Crippen molar-refractivity contribution in [3.8, 4) is 0 Å². The standard InChI is InChI=1S/C21H17N3O3S2/c1-12-9-17(14-10-13(20(26)27-2)7-8-15(14)22-12)23-19(25)11-28-21-24-16-5-3-4-6-18(16)29-21/h3-10H,11H2,1-2H3,(H,22,23,25). The summed E-state index contributed by atoms with van der Waals surface area (Å²) < 4.78 is 6.74. The third kappa shape index (κ3) is 4.23. The highest BCUT2D eigenvalue weighted by Gasteiger charge is 2.13. The smallest absolute Gasteiger partial charge is 0.337 e. The van der Waals surface area contributed by atoms with Crippen molar-refractivity contribution in [1.82, 2.24) is 9.97 Å². The number of amides is 1. The normalized spacial score (nSPS) is 11.0. The Kier molecular flexibility index (Phi) is 5.46. The number of hydrogen-bond acceptors (Lipinski definition) is 7. The lowest BCUT2D eigenvalue weighted by molar-refractivity contribution is -0.113. The Labute approximate surface area is 175 Å². The van der Waals surface area contributed by atoms with Crippen molar-refractivity contribution >= 4 is 61.8 Å². The van der Waals surface area contributed by atoms with E-state index in [9.17, 15) is 9.59 Å². The molecule has 0 atom stereocenters. The van der Waals surface area contributed by atoms with Crippen molar-refractivity contribution in [2.75, 3.05) is 18.2 Å². The molecule has 0 aliphatic rings. The number of nitrogens with one attached hydrogen (secondary N) is 1. The number of aryl methyl sites for hydroxylation is 1. The van der Waals surface area contributed by atoms with E-state index in [4.69, 9.17) is 4.74 Å². The van der Waals surface area contributed by atoms with Crippen LogP contribution in [-0.4, -0.2) is 34.7 Å². The first-order valence-electron chi connectivity index (χ1n) is 8.81. The van der Waals surface area contributed by atoms with Crippen LogP contribution in [0, 0.1) is 6.92 Å². The number of thioether (sulfide) groups is 1. The second-order valence-electron chi connectivity index (χ2n) is 6.32. The van der Waals surface area contributed by atoms with Gasteiger partial charge in [-0.1, -0.05) is 23.9 Å². The molecule has 0 radical (unpaired) electrons. The average Bonchev–Trinajstić information content (AvgIpc) is 3.14. The van der Waals surface area contributed by atoms with E-state index >= 15 is 0 Å². The molecule has 6 nitrogen and oxygen atoms in total. The maximum absolute atomic E-state index is 12.6. The van der Waals surface area contributed by atoms with Crippen molar-refractivity contribution < 1.29 is 14.3 Å². The third-order valence-corrected chi connectivity index (χ3v) is 6.41. The number of ether oxygens (including phenoxy) is 1. The van der Waals surface area contributed by atoms with Crippen LogP contribution in [0.5, 0.6) is 0 Å². The van der Waals surface area contributed by atoms with E-state index < -0.39 is 5.97 Å². The number of rotatable bonds is 5. The highest BCUT2D eigenvalue weighted by Crippen LogP contribution is 2.30. The molecule has 0 saturated heterocycles. The molecule has 0 saturated carbocycles. The molecular formula is C21H17N3O3S2. The van der Waals surface area contributed by atoms with Gasteiger partial charge in [-0.3, -0.25) is 9.78 Å². The van der Waals surface area contributed by atoms with E-state index in [1.807, 2.05) is 31.2 Å². The average molecular weight is 424 g/mol. The predicted octanol–water partition coefficient (Wildman–Crippen LogP) is 4.67. The Hall–Kier alpha value is -2.97. The Balaban J connectivity index is 1.54. The van der Waals surface area contributed by atoms with Gasteiger partial charge >= 0.3 is 5.97 Å². The molecule has 8 heteroatoms. The second kappa shape index (κ2) is 8.18. The number of carbonyl (C=O) groups excluding carboxylic acids is 2. The van der Waals surface area contributed by atoms with Crippen LogP contribution in [0.3, 0.4) is 0 Å². The van der Waals surface area contributed by atoms with Crippen molar-refractivity contribution in [2.45, 2.75) is 11.3 Å². The zero-order valence-corrected chi connectivity index (χ0v) is 17.4. The van der Waals surface area contributed by atoms with Crippen molar-refractivity contribution in [3.05, 3.63) is 59.8 Å². The molecule has 0 aliphatic heterocycles. The minimum Gasteiger partial charge on any atom is -0.465 e. The number of hydrogen-bond donors (Lipinski definition) is 1. The Bertz CT molecular complexity index is 1200. The lowest BCUT2D eigenvalue weighted by atomic mass is 10.1. The van der Waals surface area contributed by atoms with Crippen molar-refractivity contribution in [2.24, 2.45) is 0 Å². The molecule has 1 amide bonds. The highest BCUT2D eigenvalue weighted by molar-refractivity contribution is 8.01. The number of anilines is 1. The SMILES string of the molecule is COC(=O)c1ccc2nc(C)cc(NC(=O)CSc3nc4ccccc4s3)c2c1. The lowest BCUT2D eigenvalue weighted by Crippen LogP contribution is -2.14. The van der Waals surface area contributed by atoms with Crippen LogP contribution < -0.4 is 5.32 Å². The van der Waals surface area contributed by atoms with Gasteiger partial charge in [0.25, 0.3) is 0 Å². The van der Waals surface area contributed by atoms with Crippen LogP contribution in [0.1, 0.15) is 16.1 Å². The van der Waals surface area contributed by atoms with Crippen LogP contribution in [0.25, 0.3) is 21.1 Å². The quantitative estimate of drug-likeness (QED) is 0.371. The number of thiazole rings is 1. The molecule has 0 spiro atoms. The molecule has 1 N–H and O–H groups in total. The molecule has 146 valence electrons. The fourth-order valence-electron chi connectivity index (χ4n) is 2.93. The van der Waals surface area contributed by atoms with Crippen LogP contribution in [0.4, 0.5) is 5.69 Å². The summed E-state index contributed by atoms with van der Waals surface area (Å²) in [6.45, 7) is 1.86. The van der Waals surface area contributed by atoms with E-state index in [1.54, 1.807) is 35.6 Å². The zero-order valence-electron chi connectivity index (χ0n) is 15.8. The third-order valence-electron chi connectivity index (χ3n) is 4.23. The largest absolute Gasteiger partial charge is 0.465 e. The Morgan fingerprint density at radius 2 is 1.93 bits per heavy atom. The summed E-state index contributed by atoms with van der Waals surface area (Å²) in [6, 6.07) is 14.8. The molecule has 2 heterocycles. The van der Waals surface area contributed by atoms with Gasteiger partial charge in [0.05, 0.1) is 39.8 Å². The summed E-state index contributed by atoms with van der Waals surface area (Å²) in [5, 5.41) is 3.63. The first-order chi connectivity index (χ1) is 14.0. The summed E-state index contributed by atoms with van der Waals surface area (Å²) in [5.74, 6) is -0.347. The summed E-state index contributed by atoms with van der Waals surface area (Å²) in [6.07, 6.45) is 0. The van der Waals surface area contributed by atoms with Gasteiger partial charge in [-0.25, -0.2) is 9.78 Å². The first kappa shape index (κ1) is 19.4. The fourth-order valence-corrected chi connectivity index (χ4v) is 4.80. The number of aromatic nitrogens is 2. The van der Waals surface area contributed by atoms with Gasteiger partial charge in [-0.05, 0) is 43.3 Å². The Morgan fingerprint density at radius 1 is 1.10 bits per heavy atom. The first-order valence-corrected chi connectivity index (χ1v) is 10.6. The monoisotopic (exact) mass is 423 g/mol. The summed E-state index contributed by atoms with van der Waals surface area (Å²) in [7, 11) is 1.34. The van der Waals surface area contributed by atoms with Crippen LogP contribution >= 0.6 is 23.1 Å². The number of pyridine rings is 1. The molecule has 2 aromatic heterocycles.